The van der Waals surface area contributed by atoms with Gasteiger partial charge in [0.15, 0.2) is 0 Å². The molecule has 0 atom stereocenters. The van der Waals surface area contributed by atoms with Crippen molar-refractivity contribution >= 4 is 11.9 Å². The van der Waals surface area contributed by atoms with Gasteiger partial charge in [-0.1, -0.05) is 0 Å². The third kappa shape index (κ3) is 3.05. The Morgan fingerprint density at radius 3 is 2.23 bits per heavy atom. The summed E-state index contributed by atoms with van der Waals surface area (Å²) < 4.78 is 0. The molecule has 0 saturated carbocycles. The zero-order chi connectivity index (χ0) is 15.6. The van der Waals surface area contributed by atoms with Crippen molar-refractivity contribution in [1.29, 1.82) is 0 Å². The lowest BCUT2D eigenvalue weighted by Crippen LogP contribution is -2.46. The summed E-state index contributed by atoms with van der Waals surface area (Å²) in [4.78, 5) is 24.4. The maximum atomic E-state index is 11.3. The van der Waals surface area contributed by atoms with Gasteiger partial charge >= 0.3 is 0 Å². The number of hydrogen-bond acceptors (Lipinski definition) is 6. The van der Waals surface area contributed by atoms with Gasteiger partial charge < -0.3 is 9.80 Å². The number of nitrogens with zero attached hydrogens (tertiary/aromatic N) is 4. The quantitative estimate of drug-likeness (QED) is 0.624. The first-order chi connectivity index (χ1) is 10.6. The topological polar surface area (TPSA) is 81.6 Å². The molecule has 0 bridgehead atoms. The summed E-state index contributed by atoms with van der Waals surface area (Å²) in [5, 5.41) is 8.60. The Kier molecular flexibility index (Phi) is 4.26. The fourth-order valence-corrected chi connectivity index (χ4v) is 3.44. The molecule has 2 aliphatic heterocycles. The molecule has 2 saturated heterocycles. The van der Waals surface area contributed by atoms with E-state index in [0.29, 0.717) is 11.4 Å². The molecule has 2 aliphatic rings. The van der Waals surface area contributed by atoms with E-state index in [2.05, 4.69) is 26.8 Å². The molecular weight excluding hydrogens is 282 g/mol. The zero-order valence-electron chi connectivity index (χ0n) is 13.0. The van der Waals surface area contributed by atoms with Crippen LogP contribution in [-0.2, 0) is 0 Å². The highest BCUT2D eigenvalue weighted by Gasteiger charge is 2.37. The molecule has 120 valence electrons. The molecule has 1 spiro atoms. The number of carbonyl (C=O) groups is 1. The van der Waals surface area contributed by atoms with Crippen LogP contribution in [0.1, 0.15) is 36.0 Å². The van der Waals surface area contributed by atoms with Crippen LogP contribution in [0.5, 0.6) is 0 Å². The molecule has 0 aromatic carbocycles. The van der Waals surface area contributed by atoms with Gasteiger partial charge in [-0.25, -0.2) is 15.4 Å². The summed E-state index contributed by atoms with van der Waals surface area (Å²) in [5.74, 6) is 0.0766. The van der Waals surface area contributed by atoms with Crippen LogP contribution in [-0.4, -0.2) is 59.2 Å². The van der Waals surface area contributed by atoms with E-state index >= 15 is 0 Å². The van der Waals surface area contributed by atoms with Crippen molar-refractivity contribution in [3.8, 4) is 0 Å². The van der Waals surface area contributed by atoms with Gasteiger partial charge in [-0.15, -0.1) is 0 Å². The molecule has 3 rings (SSSR count). The number of rotatable bonds is 2. The van der Waals surface area contributed by atoms with Crippen molar-refractivity contribution in [2.75, 3.05) is 38.1 Å². The van der Waals surface area contributed by atoms with Crippen molar-refractivity contribution in [3.63, 3.8) is 0 Å². The van der Waals surface area contributed by atoms with Gasteiger partial charge in [0.25, 0.3) is 5.91 Å². The first kappa shape index (κ1) is 15.2. The number of aromatic nitrogens is 2. The lowest BCUT2D eigenvalue weighted by atomic mass is 9.71. The minimum atomic E-state index is -0.588. The van der Waals surface area contributed by atoms with E-state index in [1.165, 1.54) is 51.2 Å². The van der Waals surface area contributed by atoms with Gasteiger partial charge in [0, 0.05) is 25.5 Å². The summed E-state index contributed by atoms with van der Waals surface area (Å²) >= 11 is 0. The van der Waals surface area contributed by atoms with Gasteiger partial charge in [0.05, 0.1) is 5.56 Å². The second kappa shape index (κ2) is 6.18. The van der Waals surface area contributed by atoms with Crippen molar-refractivity contribution in [2.45, 2.75) is 25.7 Å². The van der Waals surface area contributed by atoms with Crippen LogP contribution in [0.3, 0.4) is 0 Å². The van der Waals surface area contributed by atoms with E-state index < -0.39 is 5.91 Å². The normalized spacial score (nSPS) is 21.8. The Morgan fingerprint density at radius 2 is 1.68 bits per heavy atom. The van der Waals surface area contributed by atoms with E-state index in [9.17, 15) is 4.79 Å². The number of carbonyl (C=O) groups excluding carboxylic acids is 1. The fourth-order valence-electron chi connectivity index (χ4n) is 3.44. The van der Waals surface area contributed by atoms with Gasteiger partial charge in [0.1, 0.15) is 0 Å². The van der Waals surface area contributed by atoms with E-state index in [0.717, 1.165) is 13.1 Å². The Hall–Kier alpha value is -1.73. The van der Waals surface area contributed by atoms with Crippen LogP contribution in [0.4, 0.5) is 5.95 Å². The smallest absolute Gasteiger partial charge is 0.277 e. The highest BCUT2D eigenvalue weighted by molar-refractivity contribution is 5.92. The largest absolute Gasteiger partial charge is 0.341 e. The maximum absolute atomic E-state index is 11.3. The summed E-state index contributed by atoms with van der Waals surface area (Å²) in [5.41, 5.74) is 2.35. The molecule has 2 N–H and O–H groups in total. The molecule has 1 aromatic heterocycles. The predicted octanol–water partition coefficient (Wildman–Crippen LogP) is 0.908. The summed E-state index contributed by atoms with van der Waals surface area (Å²) in [6.07, 6.45) is 7.84. The molecule has 1 aromatic rings. The standard InChI is InChI=1S/C15H23N5O2/c1-19-6-2-15(3-7-19)4-8-20(9-5-15)14-16-10-12(11-17-14)13(21)18-22/h10-11,22H,2-9H2,1H3,(H,18,21). The average Bonchev–Trinajstić information content (AvgIpc) is 2.58. The zero-order valence-corrected chi connectivity index (χ0v) is 13.0. The third-order valence-corrected chi connectivity index (χ3v) is 5.16. The van der Waals surface area contributed by atoms with Crippen LogP contribution >= 0.6 is 0 Å². The first-order valence-electron chi connectivity index (χ1n) is 7.82. The fraction of sp³-hybridized carbons (Fsp3) is 0.667. The molecule has 0 unspecified atom stereocenters. The molecule has 1 amide bonds. The molecule has 7 heteroatoms. The molecule has 22 heavy (non-hydrogen) atoms. The van der Waals surface area contributed by atoms with Gasteiger partial charge in [-0.3, -0.25) is 10.0 Å². The second-order valence-electron chi connectivity index (χ2n) is 6.50. The predicted molar refractivity (Wildman–Crippen MR) is 81.9 cm³/mol. The minimum Gasteiger partial charge on any atom is -0.341 e. The SMILES string of the molecule is CN1CCC2(CC1)CCN(c1ncc(C(=O)NO)cn1)CC2. The Labute approximate surface area is 130 Å². The second-order valence-corrected chi connectivity index (χ2v) is 6.50. The summed E-state index contributed by atoms with van der Waals surface area (Å²) in [6.45, 7) is 4.33. The Balaban J connectivity index is 1.60. The van der Waals surface area contributed by atoms with E-state index in [1.54, 1.807) is 5.48 Å². The van der Waals surface area contributed by atoms with Crippen molar-refractivity contribution in [1.82, 2.24) is 20.3 Å². The molecule has 3 heterocycles. The number of likely N-dealkylation sites (tertiary alicyclic amines) is 1. The van der Waals surface area contributed by atoms with Crippen molar-refractivity contribution in [3.05, 3.63) is 18.0 Å². The molecule has 0 radical (unpaired) electrons. The molecule has 2 fully saturated rings. The Bertz CT molecular complexity index is 515. The monoisotopic (exact) mass is 305 g/mol. The number of nitrogens with one attached hydrogen (secondary N) is 1. The lowest BCUT2D eigenvalue weighted by Gasteiger charge is -2.46. The van der Waals surface area contributed by atoms with Gasteiger partial charge in [-0.2, -0.15) is 0 Å². The molecule has 7 nitrogen and oxygen atoms in total. The van der Waals surface area contributed by atoms with Crippen LogP contribution < -0.4 is 10.4 Å². The maximum Gasteiger partial charge on any atom is 0.277 e. The van der Waals surface area contributed by atoms with E-state index in [4.69, 9.17) is 5.21 Å². The number of hydrogen-bond donors (Lipinski definition) is 2. The average molecular weight is 305 g/mol. The van der Waals surface area contributed by atoms with Gasteiger partial charge in [-0.05, 0) is 51.2 Å². The summed E-state index contributed by atoms with van der Waals surface area (Å²) in [7, 11) is 2.19. The molecular formula is C15H23N5O2. The molecule has 0 aliphatic carbocycles. The van der Waals surface area contributed by atoms with E-state index in [-0.39, 0.29) is 5.56 Å². The van der Waals surface area contributed by atoms with Gasteiger partial charge in [0.2, 0.25) is 5.95 Å². The highest BCUT2D eigenvalue weighted by atomic mass is 16.5. The van der Waals surface area contributed by atoms with Crippen molar-refractivity contribution in [2.24, 2.45) is 5.41 Å². The lowest BCUT2D eigenvalue weighted by molar-refractivity contribution is 0.0705. The van der Waals surface area contributed by atoms with Crippen molar-refractivity contribution < 1.29 is 10.0 Å². The number of amides is 1. The number of hydroxylamine groups is 1. The first-order valence-corrected chi connectivity index (χ1v) is 7.82. The highest BCUT2D eigenvalue weighted by Crippen LogP contribution is 2.41. The number of piperidine rings is 2. The van der Waals surface area contributed by atoms with Crippen LogP contribution in [0.25, 0.3) is 0 Å². The third-order valence-electron chi connectivity index (χ3n) is 5.16. The van der Waals surface area contributed by atoms with E-state index in [1.807, 2.05) is 0 Å². The Morgan fingerprint density at radius 1 is 1.14 bits per heavy atom. The number of anilines is 1. The van der Waals surface area contributed by atoms with Crippen LogP contribution in [0.15, 0.2) is 12.4 Å². The van der Waals surface area contributed by atoms with Crippen LogP contribution in [0, 0.1) is 5.41 Å². The van der Waals surface area contributed by atoms with Crippen LogP contribution in [0.2, 0.25) is 0 Å². The summed E-state index contributed by atoms with van der Waals surface area (Å²) in [6, 6.07) is 0. The minimum absolute atomic E-state index is 0.259.